The lowest BCUT2D eigenvalue weighted by molar-refractivity contribution is -0.122. The number of halogens is 2. The molecule has 0 fully saturated rings. The Kier molecular flexibility index (Phi) is 7.54. The van der Waals surface area contributed by atoms with Gasteiger partial charge in [0.2, 0.25) is 11.8 Å². The van der Waals surface area contributed by atoms with Crippen LogP contribution in [0.4, 0.5) is 11.4 Å². The van der Waals surface area contributed by atoms with Gasteiger partial charge in [0, 0.05) is 22.7 Å². The number of anilines is 2. The highest BCUT2D eigenvalue weighted by Gasteiger charge is 2.19. The molecule has 8 heteroatoms. The van der Waals surface area contributed by atoms with E-state index in [2.05, 4.69) is 16.0 Å². The predicted molar refractivity (Wildman–Crippen MR) is 113 cm³/mol. The largest absolute Gasteiger partial charge is 0.495 e. The molecule has 0 saturated heterocycles. The molecule has 0 bridgehead atoms. The van der Waals surface area contributed by atoms with E-state index in [1.165, 1.54) is 14.0 Å². The fraction of sp³-hybridized carbons (Fsp3) is 0.300. The Morgan fingerprint density at radius 1 is 1.07 bits per heavy atom. The Bertz CT molecular complexity index is 874. The second-order valence-corrected chi connectivity index (χ2v) is 7.20. The maximum atomic E-state index is 12.6. The highest BCUT2D eigenvalue weighted by atomic mass is 35.5. The van der Waals surface area contributed by atoms with Gasteiger partial charge in [0.05, 0.1) is 18.8 Å². The fourth-order valence-corrected chi connectivity index (χ4v) is 3.24. The van der Waals surface area contributed by atoms with Crippen LogP contribution in [0.15, 0.2) is 36.4 Å². The highest BCUT2D eigenvalue weighted by molar-refractivity contribution is 6.35. The topological polar surface area (TPSA) is 79.5 Å². The zero-order valence-electron chi connectivity index (χ0n) is 16.1. The lowest BCUT2D eigenvalue weighted by Gasteiger charge is -2.21. The van der Waals surface area contributed by atoms with Gasteiger partial charge in [-0.1, -0.05) is 29.3 Å². The molecular formula is C20H23Cl2N3O3. The number of carbonyl (C=O) groups excluding carboxylic acids is 2. The summed E-state index contributed by atoms with van der Waals surface area (Å²) in [6.07, 6.45) is 0. The van der Waals surface area contributed by atoms with E-state index in [1.54, 1.807) is 43.3 Å². The third-order valence-electron chi connectivity index (χ3n) is 4.07. The van der Waals surface area contributed by atoms with Crippen LogP contribution in [-0.2, 0) is 9.59 Å². The minimum atomic E-state index is -0.560. The van der Waals surface area contributed by atoms with Gasteiger partial charge in [0.15, 0.2) is 0 Å². The fourth-order valence-electron chi connectivity index (χ4n) is 2.67. The van der Waals surface area contributed by atoms with Crippen LogP contribution >= 0.6 is 23.2 Å². The SMILES string of the molecule is COc1ccc(NC(C)=O)cc1NC(C)C(=O)NC(C)c1ccc(Cl)cc1Cl. The number of methoxy groups -OCH3 is 1. The lowest BCUT2D eigenvalue weighted by atomic mass is 10.1. The molecule has 0 aliphatic carbocycles. The Labute approximate surface area is 174 Å². The zero-order valence-corrected chi connectivity index (χ0v) is 17.6. The zero-order chi connectivity index (χ0) is 20.8. The van der Waals surface area contributed by atoms with Crippen molar-refractivity contribution < 1.29 is 14.3 Å². The van der Waals surface area contributed by atoms with Crippen molar-refractivity contribution >= 4 is 46.4 Å². The molecule has 28 heavy (non-hydrogen) atoms. The summed E-state index contributed by atoms with van der Waals surface area (Å²) in [5.41, 5.74) is 1.97. The van der Waals surface area contributed by atoms with Crippen molar-refractivity contribution in [2.24, 2.45) is 0 Å². The van der Waals surface area contributed by atoms with E-state index in [-0.39, 0.29) is 17.9 Å². The lowest BCUT2D eigenvalue weighted by Crippen LogP contribution is -2.39. The van der Waals surface area contributed by atoms with E-state index in [1.807, 2.05) is 6.92 Å². The summed E-state index contributed by atoms with van der Waals surface area (Å²) in [6.45, 7) is 5.00. The highest BCUT2D eigenvalue weighted by Crippen LogP contribution is 2.29. The first-order valence-corrected chi connectivity index (χ1v) is 9.44. The van der Waals surface area contributed by atoms with Crippen LogP contribution in [0, 0.1) is 0 Å². The Morgan fingerprint density at radius 2 is 1.79 bits per heavy atom. The normalized spacial score (nSPS) is 12.6. The number of hydrogen-bond donors (Lipinski definition) is 3. The van der Waals surface area contributed by atoms with Crippen molar-refractivity contribution in [3.63, 3.8) is 0 Å². The van der Waals surface area contributed by atoms with Gasteiger partial charge in [-0.15, -0.1) is 0 Å². The number of carbonyl (C=O) groups is 2. The monoisotopic (exact) mass is 423 g/mol. The summed E-state index contributed by atoms with van der Waals surface area (Å²) in [6, 6.07) is 9.45. The van der Waals surface area contributed by atoms with Crippen molar-refractivity contribution in [1.82, 2.24) is 5.32 Å². The minimum Gasteiger partial charge on any atom is -0.495 e. The first kappa shape index (κ1) is 21.9. The molecule has 0 aliphatic rings. The Balaban J connectivity index is 2.10. The maximum absolute atomic E-state index is 12.6. The molecule has 0 radical (unpaired) electrons. The molecule has 2 amide bonds. The molecule has 0 spiro atoms. The quantitative estimate of drug-likeness (QED) is 0.605. The number of ether oxygens (including phenoxy) is 1. The van der Waals surface area contributed by atoms with Gasteiger partial charge in [-0.25, -0.2) is 0 Å². The Hall–Kier alpha value is -2.44. The molecule has 150 valence electrons. The summed E-state index contributed by atoms with van der Waals surface area (Å²) in [5, 5.41) is 9.76. The van der Waals surface area contributed by atoms with Crippen LogP contribution in [0.5, 0.6) is 5.75 Å². The third kappa shape index (κ3) is 5.78. The Morgan fingerprint density at radius 3 is 2.39 bits per heavy atom. The molecule has 0 aromatic heterocycles. The number of hydrogen-bond acceptors (Lipinski definition) is 4. The first-order chi connectivity index (χ1) is 13.2. The number of rotatable bonds is 7. The van der Waals surface area contributed by atoms with Gasteiger partial charge >= 0.3 is 0 Å². The molecule has 2 atom stereocenters. The average molecular weight is 424 g/mol. The molecule has 2 rings (SSSR count). The number of nitrogens with one attached hydrogen (secondary N) is 3. The number of amides is 2. The third-order valence-corrected chi connectivity index (χ3v) is 4.64. The summed E-state index contributed by atoms with van der Waals surface area (Å²) >= 11 is 12.1. The van der Waals surface area contributed by atoms with Gasteiger partial charge in [0.1, 0.15) is 11.8 Å². The number of benzene rings is 2. The van der Waals surface area contributed by atoms with Crippen LogP contribution in [0.2, 0.25) is 10.0 Å². The van der Waals surface area contributed by atoms with Gasteiger partial charge in [-0.2, -0.15) is 0 Å². The van der Waals surface area contributed by atoms with Gasteiger partial charge in [-0.05, 0) is 49.7 Å². The summed E-state index contributed by atoms with van der Waals surface area (Å²) < 4.78 is 5.33. The van der Waals surface area contributed by atoms with Gasteiger partial charge in [0.25, 0.3) is 0 Å². The second kappa shape index (κ2) is 9.66. The van der Waals surface area contributed by atoms with E-state index in [4.69, 9.17) is 27.9 Å². The summed E-state index contributed by atoms with van der Waals surface area (Å²) in [5.74, 6) is 0.156. The predicted octanol–water partition coefficient (Wildman–Crippen LogP) is 4.64. The van der Waals surface area contributed by atoms with Gasteiger partial charge in [-0.3, -0.25) is 9.59 Å². The van der Waals surface area contributed by atoms with Crippen molar-refractivity contribution in [3.8, 4) is 5.75 Å². The van der Waals surface area contributed by atoms with Crippen molar-refractivity contribution in [3.05, 3.63) is 52.0 Å². The molecular weight excluding hydrogens is 401 g/mol. The summed E-state index contributed by atoms with van der Waals surface area (Å²) in [7, 11) is 1.54. The van der Waals surface area contributed by atoms with Crippen molar-refractivity contribution in [1.29, 1.82) is 0 Å². The van der Waals surface area contributed by atoms with E-state index >= 15 is 0 Å². The molecule has 2 unspecified atom stereocenters. The second-order valence-electron chi connectivity index (χ2n) is 6.36. The molecule has 2 aromatic rings. The van der Waals surface area contributed by atoms with Crippen molar-refractivity contribution in [2.75, 3.05) is 17.7 Å². The van der Waals surface area contributed by atoms with E-state index in [0.717, 1.165) is 5.56 Å². The van der Waals surface area contributed by atoms with Crippen LogP contribution in [0.1, 0.15) is 32.4 Å². The molecule has 6 nitrogen and oxygen atoms in total. The molecule has 3 N–H and O–H groups in total. The smallest absolute Gasteiger partial charge is 0.242 e. The van der Waals surface area contributed by atoms with E-state index < -0.39 is 6.04 Å². The average Bonchev–Trinajstić information content (AvgIpc) is 2.61. The van der Waals surface area contributed by atoms with Crippen molar-refractivity contribution in [2.45, 2.75) is 32.9 Å². The van der Waals surface area contributed by atoms with E-state index in [0.29, 0.717) is 27.2 Å². The molecule has 2 aromatic carbocycles. The molecule has 0 saturated carbocycles. The van der Waals surface area contributed by atoms with Crippen LogP contribution in [0.3, 0.4) is 0 Å². The minimum absolute atomic E-state index is 0.185. The van der Waals surface area contributed by atoms with Crippen LogP contribution < -0.4 is 20.7 Å². The van der Waals surface area contributed by atoms with Gasteiger partial charge < -0.3 is 20.7 Å². The molecule has 0 aliphatic heterocycles. The summed E-state index contributed by atoms with van der Waals surface area (Å²) in [4.78, 5) is 23.9. The van der Waals surface area contributed by atoms with Crippen LogP contribution in [-0.4, -0.2) is 25.0 Å². The standard InChI is InChI=1S/C20H23Cl2N3O3/c1-11(16-7-5-14(21)9-17(16)22)24-20(27)12(2)23-18-10-15(25-13(3)26)6-8-19(18)28-4/h5-12,23H,1-4H3,(H,24,27)(H,25,26). The molecule has 0 heterocycles. The maximum Gasteiger partial charge on any atom is 0.242 e. The van der Waals surface area contributed by atoms with E-state index in [9.17, 15) is 9.59 Å². The van der Waals surface area contributed by atoms with Crippen LogP contribution in [0.25, 0.3) is 0 Å². The first-order valence-electron chi connectivity index (χ1n) is 8.68.